The van der Waals surface area contributed by atoms with Gasteiger partial charge in [0.25, 0.3) is 0 Å². The number of rotatable bonds is 1. The van der Waals surface area contributed by atoms with E-state index >= 15 is 0 Å². The first-order chi connectivity index (χ1) is 9.17. The monoisotopic (exact) mass is 287 g/mol. The van der Waals surface area contributed by atoms with E-state index in [2.05, 4.69) is 16.0 Å². The van der Waals surface area contributed by atoms with Gasteiger partial charge in [0.1, 0.15) is 5.82 Å². The van der Waals surface area contributed by atoms with E-state index in [1.54, 1.807) is 24.3 Å². The van der Waals surface area contributed by atoms with Crippen LogP contribution in [0, 0.1) is 11.3 Å². The number of nitrogens with one attached hydrogen (secondary N) is 1. The molecule has 0 aliphatic rings. The minimum Gasteiger partial charge on any atom is -0.338 e. The molecule has 92 valence electrons. The lowest BCUT2D eigenvalue weighted by molar-refractivity contribution is 1.33. The van der Waals surface area contributed by atoms with Gasteiger partial charge in [-0.15, -0.1) is 0 Å². The molecule has 1 aromatic heterocycles. The Hall–Kier alpha value is -2.02. The smallest absolute Gasteiger partial charge is 0.138 e. The van der Waals surface area contributed by atoms with Gasteiger partial charge in [-0.2, -0.15) is 5.26 Å². The second-order valence-electron chi connectivity index (χ2n) is 4.06. The normalized spacial score (nSPS) is 10.6. The molecule has 1 heterocycles. The highest BCUT2D eigenvalue weighted by molar-refractivity contribution is 6.42. The van der Waals surface area contributed by atoms with Crippen LogP contribution in [0.15, 0.2) is 36.4 Å². The van der Waals surface area contributed by atoms with Crippen LogP contribution in [0.1, 0.15) is 5.56 Å². The van der Waals surface area contributed by atoms with Gasteiger partial charge in [-0.05, 0) is 36.4 Å². The van der Waals surface area contributed by atoms with Crippen LogP contribution in [0.25, 0.3) is 22.4 Å². The average Bonchev–Trinajstić information content (AvgIpc) is 2.82. The summed E-state index contributed by atoms with van der Waals surface area (Å²) >= 11 is 11.9. The van der Waals surface area contributed by atoms with Crippen molar-refractivity contribution >= 4 is 34.2 Å². The van der Waals surface area contributed by atoms with Crippen molar-refractivity contribution < 1.29 is 0 Å². The van der Waals surface area contributed by atoms with E-state index in [0.29, 0.717) is 15.6 Å². The van der Waals surface area contributed by atoms with Crippen LogP contribution in [0.3, 0.4) is 0 Å². The number of imidazole rings is 1. The molecule has 0 bridgehead atoms. The number of aromatic amines is 1. The summed E-state index contributed by atoms with van der Waals surface area (Å²) in [6.07, 6.45) is 0. The molecule has 3 nitrogen and oxygen atoms in total. The molecule has 0 amide bonds. The summed E-state index contributed by atoms with van der Waals surface area (Å²) in [5.74, 6) is 0.720. The van der Waals surface area contributed by atoms with Gasteiger partial charge in [0.2, 0.25) is 0 Å². The molecule has 0 spiro atoms. The Morgan fingerprint density at radius 1 is 1.05 bits per heavy atom. The van der Waals surface area contributed by atoms with Crippen LogP contribution in [-0.2, 0) is 0 Å². The fraction of sp³-hybridized carbons (Fsp3) is 0. The van der Waals surface area contributed by atoms with Gasteiger partial charge in [0.05, 0.1) is 32.7 Å². The highest BCUT2D eigenvalue weighted by Gasteiger charge is 2.08. The summed E-state index contributed by atoms with van der Waals surface area (Å²) in [7, 11) is 0. The van der Waals surface area contributed by atoms with E-state index in [9.17, 15) is 0 Å². The van der Waals surface area contributed by atoms with Crippen molar-refractivity contribution in [2.45, 2.75) is 0 Å². The molecule has 0 saturated carbocycles. The van der Waals surface area contributed by atoms with Crippen molar-refractivity contribution in [3.63, 3.8) is 0 Å². The van der Waals surface area contributed by atoms with Gasteiger partial charge in [-0.25, -0.2) is 4.98 Å². The third kappa shape index (κ3) is 2.17. The van der Waals surface area contributed by atoms with Crippen LogP contribution < -0.4 is 0 Å². The summed E-state index contributed by atoms with van der Waals surface area (Å²) < 4.78 is 0. The first-order valence-corrected chi connectivity index (χ1v) is 6.28. The Bertz CT molecular complexity index is 759. The number of halogens is 2. The fourth-order valence-electron chi connectivity index (χ4n) is 1.84. The number of H-pyrrole nitrogens is 1. The quantitative estimate of drug-likeness (QED) is 0.721. The maximum Gasteiger partial charge on any atom is 0.138 e. The summed E-state index contributed by atoms with van der Waals surface area (Å²) in [5, 5.41) is 9.74. The molecule has 0 saturated heterocycles. The maximum absolute atomic E-state index is 8.77. The fourth-order valence-corrected chi connectivity index (χ4v) is 2.17. The van der Waals surface area contributed by atoms with Crippen LogP contribution in [0.4, 0.5) is 0 Å². The van der Waals surface area contributed by atoms with Crippen LogP contribution >= 0.6 is 23.2 Å². The number of aromatic nitrogens is 2. The summed E-state index contributed by atoms with van der Waals surface area (Å²) in [6.45, 7) is 0. The van der Waals surface area contributed by atoms with Crippen molar-refractivity contribution in [1.29, 1.82) is 5.26 Å². The van der Waals surface area contributed by atoms with Gasteiger partial charge >= 0.3 is 0 Å². The molecule has 0 fully saturated rings. The van der Waals surface area contributed by atoms with Gasteiger partial charge in [-0.1, -0.05) is 23.2 Å². The first-order valence-electron chi connectivity index (χ1n) is 5.52. The minimum absolute atomic E-state index is 0.479. The molecule has 0 aliphatic carbocycles. The largest absolute Gasteiger partial charge is 0.338 e. The molecular weight excluding hydrogens is 281 g/mol. The van der Waals surface area contributed by atoms with E-state index in [0.717, 1.165) is 22.4 Å². The second-order valence-corrected chi connectivity index (χ2v) is 4.87. The molecule has 0 unspecified atom stereocenters. The molecule has 3 rings (SSSR count). The number of nitriles is 1. The Morgan fingerprint density at radius 2 is 1.74 bits per heavy atom. The van der Waals surface area contributed by atoms with Gasteiger partial charge in [-0.3, -0.25) is 0 Å². The first kappa shape index (κ1) is 12.0. The molecule has 0 aliphatic heterocycles. The van der Waals surface area contributed by atoms with Gasteiger partial charge < -0.3 is 4.98 Å². The van der Waals surface area contributed by atoms with Crippen molar-refractivity contribution in [2.24, 2.45) is 0 Å². The standard InChI is InChI=1S/C14H7Cl2N3/c15-10-5-12-13(6-11(10)16)19-14(18-12)9-3-1-8(7-17)2-4-9/h1-6H,(H,18,19). The van der Waals surface area contributed by atoms with Crippen LogP contribution in [0.5, 0.6) is 0 Å². The molecule has 0 radical (unpaired) electrons. The molecule has 5 heteroatoms. The summed E-state index contributed by atoms with van der Waals surface area (Å²) in [6, 6.07) is 12.8. The molecule has 2 aromatic carbocycles. The highest BCUT2D eigenvalue weighted by Crippen LogP contribution is 2.28. The second kappa shape index (κ2) is 4.58. The topological polar surface area (TPSA) is 52.5 Å². The van der Waals surface area contributed by atoms with E-state index in [4.69, 9.17) is 28.5 Å². The van der Waals surface area contributed by atoms with Gasteiger partial charge in [0, 0.05) is 5.56 Å². The number of fused-ring (bicyclic) bond motifs is 1. The number of nitrogens with zero attached hydrogens (tertiary/aromatic N) is 2. The van der Waals surface area contributed by atoms with Crippen molar-refractivity contribution in [3.8, 4) is 17.5 Å². The molecule has 19 heavy (non-hydrogen) atoms. The van der Waals surface area contributed by atoms with Crippen molar-refractivity contribution in [3.05, 3.63) is 52.0 Å². The Kier molecular flexibility index (Phi) is 2.90. The molecular formula is C14H7Cl2N3. The summed E-state index contributed by atoms with van der Waals surface area (Å²) in [4.78, 5) is 7.64. The predicted molar refractivity (Wildman–Crippen MR) is 76.3 cm³/mol. The Labute approximate surface area is 119 Å². The zero-order chi connectivity index (χ0) is 13.4. The highest BCUT2D eigenvalue weighted by atomic mass is 35.5. The van der Waals surface area contributed by atoms with E-state index < -0.39 is 0 Å². The third-order valence-corrected chi connectivity index (χ3v) is 3.53. The van der Waals surface area contributed by atoms with Crippen molar-refractivity contribution in [1.82, 2.24) is 9.97 Å². The Balaban J connectivity index is 2.12. The average molecular weight is 288 g/mol. The number of hydrogen-bond acceptors (Lipinski definition) is 2. The molecule has 1 N–H and O–H groups in total. The van der Waals surface area contributed by atoms with E-state index in [1.165, 1.54) is 0 Å². The van der Waals surface area contributed by atoms with Crippen LogP contribution in [-0.4, -0.2) is 9.97 Å². The zero-order valence-electron chi connectivity index (χ0n) is 9.61. The zero-order valence-corrected chi connectivity index (χ0v) is 11.1. The Morgan fingerprint density at radius 3 is 2.42 bits per heavy atom. The lowest BCUT2D eigenvalue weighted by Gasteiger charge is -1.95. The lowest BCUT2D eigenvalue weighted by Crippen LogP contribution is -1.80. The SMILES string of the molecule is N#Cc1ccc(-c2nc3cc(Cl)c(Cl)cc3[nH]2)cc1. The van der Waals surface area contributed by atoms with Gasteiger partial charge in [0.15, 0.2) is 0 Å². The molecule has 3 aromatic rings. The maximum atomic E-state index is 8.77. The summed E-state index contributed by atoms with van der Waals surface area (Å²) in [5.41, 5.74) is 3.11. The van der Waals surface area contributed by atoms with Crippen molar-refractivity contribution in [2.75, 3.05) is 0 Å². The third-order valence-electron chi connectivity index (χ3n) is 2.81. The van der Waals surface area contributed by atoms with E-state index in [-0.39, 0.29) is 0 Å². The predicted octanol–water partition coefficient (Wildman–Crippen LogP) is 4.41. The number of benzene rings is 2. The lowest BCUT2D eigenvalue weighted by atomic mass is 10.1. The molecule has 0 atom stereocenters. The van der Waals surface area contributed by atoms with E-state index in [1.807, 2.05) is 12.1 Å². The minimum atomic E-state index is 0.479. The van der Waals surface area contributed by atoms with Crippen LogP contribution in [0.2, 0.25) is 10.0 Å². The number of hydrogen-bond donors (Lipinski definition) is 1.